The highest BCUT2D eigenvalue weighted by Crippen LogP contribution is 2.01. The molecule has 5 heteroatoms. The van der Waals surface area contributed by atoms with Crippen LogP contribution in [-0.4, -0.2) is 21.0 Å². The first kappa shape index (κ1) is 13.5. The fraction of sp³-hybridized carbons (Fsp3) is 0.300. The summed E-state index contributed by atoms with van der Waals surface area (Å²) >= 11 is 4.82. The predicted molar refractivity (Wildman–Crippen MR) is 62.8 cm³/mol. The molecule has 0 unspecified atom stereocenters. The van der Waals surface area contributed by atoms with Gasteiger partial charge in [-0.1, -0.05) is 19.1 Å². The van der Waals surface area contributed by atoms with Crippen molar-refractivity contribution in [3.8, 4) is 0 Å². The lowest BCUT2D eigenvalue weighted by Crippen LogP contribution is -2.09. The van der Waals surface area contributed by atoms with Crippen molar-refractivity contribution >= 4 is 23.2 Å². The summed E-state index contributed by atoms with van der Waals surface area (Å²) in [7, 11) is 0. The van der Waals surface area contributed by atoms with E-state index in [1.807, 2.05) is 19.1 Å². The molecule has 0 aliphatic rings. The largest absolute Gasteiger partial charge is 0.481 e. The maximum atomic E-state index is 9.00. The summed E-state index contributed by atoms with van der Waals surface area (Å²) in [5.74, 6) is -0.833. The SMILES string of the molecule is CC(=O)O.CCc1cc(C(N)=S)ccn1. The van der Waals surface area contributed by atoms with Crippen molar-refractivity contribution in [2.45, 2.75) is 20.3 Å². The number of thiocarbonyl (C=S) groups is 1. The van der Waals surface area contributed by atoms with Gasteiger partial charge in [-0.05, 0) is 18.6 Å². The lowest BCUT2D eigenvalue weighted by Gasteiger charge is -1.99. The molecule has 0 amide bonds. The average molecular weight is 226 g/mol. The number of pyridine rings is 1. The second kappa shape index (κ2) is 6.89. The molecule has 15 heavy (non-hydrogen) atoms. The second-order valence-electron chi connectivity index (χ2n) is 2.77. The van der Waals surface area contributed by atoms with Gasteiger partial charge in [0.1, 0.15) is 4.99 Å². The first-order chi connectivity index (χ1) is 6.97. The zero-order valence-corrected chi connectivity index (χ0v) is 9.54. The zero-order valence-electron chi connectivity index (χ0n) is 8.73. The summed E-state index contributed by atoms with van der Waals surface area (Å²) in [4.78, 5) is 13.6. The smallest absolute Gasteiger partial charge is 0.300 e. The lowest BCUT2D eigenvalue weighted by molar-refractivity contribution is -0.134. The van der Waals surface area contributed by atoms with E-state index in [9.17, 15) is 0 Å². The highest BCUT2D eigenvalue weighted by molar-refractivity contribution is 7.80. The second-order valence-corrected chi connectivity index (χ2v) is 3.21. The number of aryl methyl sites for hydroxylation is 1. The third-order valence-corrected chi connectivity index (χ3v) is 1.70. The molecule has 0 atom stereocenters. The van der Waals surface area contributed by atoms with Crippen molar-refractivity contribution in [2.24, 2.45) is 5.73 Å². The Hall–Kier alpha value is -1.49. The summed E-state index contributed by atoms with van der Waals surface area (Å²) in [6.45, 7) is 3.13. The molecule has 1 aromatic rings. The highest BCUT2D eigenvalue weighted by atomic mass is 32.1. The molecule has 0 aliphatic carbocycles. The first-order valence-electron chi connectivity index (χ1n) is 4.41. The van der Waals surface area contributed by atoms with Gasteiger partial charge in [0.15, 0.2) is 0 Å². The van der Waals surface area contributed by atoms with Gasteiger partial charge in [-0.2, -0.15) is 0 Å². The third kappa shape index (κ3) is 6.56. The Morgan fingerprint density at radius 2 is 2.20 bits per heavy atom. The lowest BCUT2D eigenvalue weighted by atomic mass is 10.2. The maximum Gasteiger partial charge on any atom is 0.300 e. The van der Waals surface area contributed by atoms with Crippen LogP contribution >= 0.6 is 12.2 Å². The highest BCUT2D eigenvalue weighted by Gasteiger charge is 1.96. The Bertz CT molecular complexity index is 349. The van der Waals surface area contributed by atoms with Gasteiger partial charge in [-0.3, -0.25) is 9.78 Å². The van der Waals surface area contributed by atoms with Gasteiger partial charge >= 0.3 is 0 Å². The predicted octanol–water partition coefficient (Wildman–Crippen LogP) is 1.37. The van der Waals surface area contributed by atoms with E-state index in [4.69, 9.17) is 27.9 Å². The number of nitrogens with two attached hydrogens (primary N) is 1. The zero-order chi connectivity index (χ0) is 11.8. The average Bonchev–Trinajstić information content (AvgIpc) is 2.17. The Balaban J connectivity index is 0.000000423. The van der Waals surface area contributed by atoms with Crippen LogP contribution in [0.15, 0.2) is 18.3 Å². The van der Waals surface area contributed by atoms with E-state index in [1.54, 1.807) is 6.20 Å². The minimum absolute atomic E-state index is 0.433. The minimum atomic E-state index is -0.833. The minimum Gasteiger partial charge on any atom is -0.481 e. The summed E-state index contributed by atoms with van der Waals surface area (Å²) in [6.07, 6.45) is 2.64. The Morgan fingerprint density at radius 3 is 2.60 bits per heavy atom. The summed E-state index contributed by atoms with van der Waals surface area (Å²) in [6, 6.07) is 3.74. The van der Waals surface area contributed by atoms with E-state index < -0.39 is 5.97 Å². The Morgan fingerprint density at radius 1 is 1.67 bits per heavy atom. The van der Waals surface area contributed by atoms with Crippen molar-refractivity contribution in [1.29, 1.82) is 0 Å². The van der Waals surface area contributed by atoms with Crippen LogP contribution in [0.4, 0.5) is 0 Å². The fourth-order valence-electron chi connectivity index (χ4n) is 0.825. The van der Waals surface area contributed by atoms with E-state index in [2.05, 4.69) is 4.98 Å². The van der Waals surface area contributed by atoms with Crippen LogP contribution in [0.5, 0.6) is 0 Å². The van der Waals surface area contributed by atoms with Crippen LogP contribution in [0, 0.1) is 0 Å². The van der Waals surface area contributed by atoms with Crippen LogP contribution in [-0.2, 0) is 11.2 Å². The van der Waals surface area contributed by atoms with E-state index in [-0.39, 0.29) is 0 Å². The molecule has 82 valence electrons. The Kier molecular flexibility index (Phi) is 6.21. The first-order valence-corrected chi connectivity index (χ1v) is 4.82. The molecule has 4 nitrogen and oxygen atoms in total. The van der Waals surface area contributed by atoms with E-state index in [0.717, 1.165) is 24.6 Å². The van der Waals surface area contributed by atoms with E-state index >= 15 is 0 Å². The van der Waals surface area contributed by atoms with E-state index in [0.29, 0.717) is 4.99 Å². The molecule has 0 fully saturated rings. The van der Waals surface area contributed by atoms with Crippen LogP contribution < -0.4 is 5.73 Å². The maximum absolute atomic E-state index is 9.00. The molecule has 1 aromatic heterocycles. The quantitative estimate of drug-likeness (QED) is 0.745. The fourth-order valence-corrected chi connectivity index (χ4v) is 0.952. The van der Waals surface area contributed by atoms with Crippen molar-refractivity contribution in [3.05, 3.63) is 29.6 Å². The molecule has 0 aliphatic heterocycles. The topological polar surface area (TPSA) is 76.2 Å². The molecule has 1 rings (SSSR count). The molecule has 0 aromatic carbocycles. The van der Waals surface area contributed by atoms with Crippen LogP contribution in [0.3, 0.4) is 0 Å². The number of carboxylic acid groups (broad SMARTS) is 1. The number of hydrogen-bond acceptors (Lipinski definition) is 3. The number of aliphatic carboxylic acids is 1. The molecule has 1 heterocycles. The van der Waals surface area contributed by atoms with Gasteiger partial charge in [0, 0.05) is 24.4 Å². The number of hydrogen-bond donors (Lipinski definition) is 2. The normalized spacial score (nSPS) is 8.67. The molecule has 0 radical (unpaired) electrons. The third-order valence-electron chi connectivity index (χ3n) is 1.46. The number of nitrogens with zero attached hydrogens (tertiary/aromatic N) is 1. The number of aromatic nitrogens is 1. The summed E-state index contributed by atoms with van der Waals surface area (Å²) in [5, 5.41) is 7.42. The number of carboxylic acids is 1. The molecule has 0 bridgehead atoms. The van der Waals surface area contributed by atoms with Crippen LogP contribution in [0.25, 0.3) is 0 Å². The van der Waals surface area contributed by atoms with Gasteiger partial charge in [-0.15, -0.1) is 0 Å². The van der Waals surface area contributed by atoms with Gasteiger partial charge in [-0.25, -0.2) is 0 Å². The van der Waals surface area contributed by atoms with Gasteiger partial charge in [0.2, 0.25) is 0 Å². The van der Waals surface area contributed by atoms with E-state index in [1.165, 1.54) is 0 Å². The monoisotopic (exact) mass is 226 g/mol. The van der Waals surface area contributed by atoms with Crippen molar-refractivity contribution in [1.82, 2.24) is 4.98 Å². The molecule has 0 spiro atoms. The molecule has 0 saturated carbocycles. The Labute approximate surface area is 94.1 Å². The van der Waals surface area contributed by atoms with Gasteiger partial charge in [0.25, 0.3) is 5.97 Å². The van der Waals surface area contributed by atoms with Crippen LogP contribution in [0.1, 0.15) is 25.1 Å². The summed E-state index contributed by atoms with van der Waals surface area (Å²) < 4.78 is 0. The van der Waals surface area contributed by atoms with Crippen molar-refractivity contribution in [3.63, 3.8) is 0 Å². The van der Waals surface area contributed by atoms with Gasteiger partial charge in [0.05, 0.1) is 0 Å². The molecule has 0 saturated heterocycles. The number of rotatable bonds is 2. The van der Waals surface area contributed by atoms with Crippen molar-refractivity contribution < 1.29 is 9.90 Å². The van der Waals surface area contributed by atoms with Gasteiger partial charge < -0.3 is 10.8 Å². The molecular formula is C10H14N2O2S. The standard InChI is InChI=1S/C8H10N2S.C2H4O2/c1-2-7-5-6(8(9)11)3-4-10-7;1-2(3)4/h3-5H,2H2,1H3,(H2,9,11);1H3,(H,3,4). The van der Waals surface area contributed by atoms with Crippen LogP contribution in [0.2, 0.25) is 0 Å². The van der Waals surface area contributed by atoms with Crippen molar-refractivity contribution in [2.75, 3.05) is 0 Å². The molecule has 3 N–H and O–H groups in total. The number of carbonyl (C=O) groups is 1. The summed E-state index contributed by atoms with van der Waals surface area (Å²) in [5.41, 5.74) is 7.36. The molecular weight excluding hydrogens is 212 g/mol.